The Labute approximate surface area is 76.5 Å². The molecule has 0 N–H and O–H groups in total. The van der Waals surface area contributed by atoms with Crippen LogP contribution in [0.2, 0.25) is 0 Å². The SMILES string of the molecule is [Al].[Bi].[MgH2].[Si]. The largest absolute Gasteiger partial charge is 0.316 e. The topological polar surface area (TPSA) is 0 Å². The van der Waals surface area contributed by atoms with E-state index in [-0.39, 0.29) is 77.6 Å². The second-order valence-electron chi connectivity index (χ2n) is 0. The Hall–Kier alpha value is 2.40. The van der Waals surface area contributed by atoms with E-state index in [4.69, 9.17) is 0 Å². The van der Waals surface area contributed by atoms with E-state index >= 15 is 0 Å². The Morgan fingerprint density at radius 2 is 1.00 bits per heavy atom. The Bertz CT molecular complexity index is 8.00. The van der Waals surface area contributed by atoms with Crippen molar-refractivity contribution in [1.82, 2.24) is 0 Å². The summed E-state index contributed by atoms with van der Waals surface area (Å²) in [5.41, 5.74) is 0. The van der Waals surface area contributed by atoms with Crippen LogP contribution >= 0.6 is 0 Å². The normalized spacial score (nSPS) is 0. The van der Waals surface area contributed by atoms with Gasteiger partial charge in [-0.1, -0.05) is 0 Å². The predicted molar refractivity (Wildman–Crippen MR) is 25.8 cm³/mol. The van der Waals surface area contributed by atoms with Crippen LogP contribution in [0.1, 0.15) is 0 Å². The first kappa shape index (κ1) is 32.4. The molecule has 0 spiro atoms. The number of hydrogen-bond acceptors (Lipinski definition) is 0. The molecule has 0 heterocycles. The van der Waals surface area contributed by atoms with Gasteiger partial charge in [-0.05, 0) is 0 Å². The van der Waals surface area contributed by atoms with Gasteiger partial charge in [0.15, 0.2) is 0 Å². The molecule has 0 saturated heterocycles. The monoisotopic (exact) mass is 290 g/mol. The number of hydrogen-bond donors (Lipinski definition) is 0. The van der Waals surface area contributed by atoms with Crippen molar-refractivity contribution in [2.45, 2.75) is 0 Å². The summed E-state index contributed by atoms with van der Waals surface area (Å²) in [5.74, 6) is 0. The Kier molecular flexibility index (Phi) is 147. The fraction of sp³-hybridized carbons (Fsp3) is 0. The van der Waals surface area contributed by atoms with Gasteiger partial charge in [0, 0.05) is 54.5 Å². The molecule has 0 fully saturated rings. The van der Waals surface area contributed by atoms with Crippen LogP contribution in [0.15, 0.2) is 0 Å². The van der Waals surface area contributed by atoms with Crippen LogP contribution < -0.4 is 0 Å². The standard InChI is InChI=1S/Al.Bi.Mg.Si.2H. The van der Waals surface area contributed by atoms with Gasteiger partial charge < -0.3 is 0 Å². The van der Waals surface area contributed by atoms with Gasteiger partial charge >= 0.3 is 23.1 Å². The molecular formula is H2AlBiMgSi. The fourth-order valence-corrected chi connectivity index (χ4v) is 0. The Morgan fingerprint density at radius 1 is 1.00 bits per heavy atom. The molecule has 0 aliphatic heterocycles. The zero-order valence-corrected chi connectivity index (χ0v) is 7.16. The average molecular weight is 290 g/mol. The first-order chi connectivity index (χ1) is 0. The van der Waals surface area contributed by atoms with Gasteiger partial charge in [-0.2, -0.15) is 0 Å². The molecule has 0 rings (SSSR count). The predicted octanol–water partition coefficient (Wildman–Crippen LogP) is -2.06. The van der Waals surface area contributed by atoms with Crippen LogP contribution in [-0.4, -0.2) is 77.6 Å². The third kappa shape index (κ3) is 8.83. The van der Waals surface area contributed by atoms with Gasteiger partial charge in [0.2, 0.25) is 0 Å². The molecule has 4 heavy (non-hydrogen) atoms. The van der Waals surface area contributed by atoms with Gasteiger partial charge in [-0.15, -0.1) is 0 Å². The summed E-state index contributed by atoms with van der Waals surface area (Å²) in [4.78, 5) is 0. The molecule has 0 aromatic carbocycles. The molecule has 0 aromatic rings. The maximum absolute atomic E-state index is 0. The molecule has 0 amide bonds. The van der Waals surface area contributed by atoms with Crippen molar-refractivity contribution < 1.29 is 0 Å². The van der Waals surface area contributed by atoms with E-state index in [1.165, 1.54) is 0 Å². The van der Waals surface area contributed by atoms with E-state index in [0.29, 0.717) is 0 Å². The van der Waals surface area contributed by atoms with Crippen molar-refractivity contribution >= 4 is 77.6 Å². The molecule has 4 heteroatoms. The van der Waals surface area contributed by atoms with Crippen LogP contribution in [0.25, 0.3) is 0 Å². The van der Waals surface area contributed by atoms with E-state index in [1.807, 2.05) is 0 Å². The summed E-state index contributed by atoms with van der Waals surface area (Å²) >= 11 is 0. The molecule has 0 atom stereocenters. The molecule has 0 aliphatic rings. The zero-order valence-electron chi connectivity index (χ0n) is 1.52. The smallest absolute Gasteiger partial charge is 0 e. The van der Waals surface area contributed by atoms with E-state index in [9.17, 15) is 0 Å². The second kappa shape index (κ2) is 18.2. The van der Waals surface area contributed by atoms with Crippen LogP contribution in [-0.2, 0) is 0 Å². The van der Waals surface area contributed by atoms with Gasteiger partial charge in [0.05, 0.1) is 0 Å². The summed E-state index contributed by atoms with van der Waals surface area (Å²) in [6.45, 7) is 0. The van der Waals surface area contributed by atoms with Crippen molar-refractivity contribution in [1.29, 1.82) is 0 Å². The van der Waals surface area contributed by atoms with E-state index in [2.05, 4.69) is 0 Å². The van der Waals surface area contributed by atoms with Gasteiger partial charge in [0.1, 0.15) is 0 Å². The van der Waals surface area contributed by atoms with Crippen molar-refractivity contribution in [2.75, 3.05) is 0 Å². The summed E-state index contributed by atoms with van der Waals surface area (Å²) < 4.78 is 0. The molecule has 0 nitrogen and oxygen atoms in total. The second-order valence-corrected chi connectivity index (χ2v) is 0. The van der Waals surface area contributed by atoms with Crippen molar-refractivity contribution in [2.24, 2.45) is 0 Å². The average Bonchev–Trinajstić information content (AvgIpc) is 0. The van der Waals surface area contributed by atoms with Crippen molar-refractivity contribution in [3.63, 3.8) is 0 Å². The molecule has 0 aliphatic carbocycles. The molecule has 0 aromatic heterocycles. The first-order valence-corrected chi connectivity index (χ1v) is 0. The Balaban J connectivity index is 0. The molecule has 0 unspecified atom stereocenters. The maximum atomic E-state index is 0. The molecule has 10 radical (unpaired) electrons. The molecule has 0 saturated carbocycles. The maximum Gasteiger partial charge on any atom is 0.316 e. The Morgan fingerprint density at radius 3 is 1.00 bits per heavy atom. The quantitative estimate of drug-likeness (QED) is 0.450. The van der Waals surface area contributed by atoms with Gasteiger partial charge in [-0.25, -0.2) is 0 Å². The van der Waals surface area contributed by atoms with E-state index in [0.717, 1.165) is 0 Å². The van der Waals surface area contributed by atoms with Gasteiger partial charge in [0.25, 0.3) is 0 Å². The van der Waals surface area contributed by atoms with Crippen LogP contribution in [0.3, 0.4) is 0 Å². The summed E-state index contributed by atoms with van der Waals surface area (Å²) in [6, 6.07) is 0. The van der Waals surface area contributed by atoms with Gasteiger partial charge in [-0.3, -0.25) is 0 Å². The third-order valence-corrected chi connectivity index (χ3v) is 0. The number of rotatable bonds is 0. The van der Waals surface area contributed by atoms with Crippen LogP contribution in [0.4, 0.5) is 0 Å². The summed E-state index contributed by atoms with van der Waals surface area (Å²) in [7, 11) is 0. The van der Waals surface area contributed by atoms with Crippen LogP contribution in [0.5, 0.6) is 0 Å². The van der Waals surface area contributed by atoms with Crippen LogP contribution in [0, 0.1) is 0 Å². The zero-order chi connectivity index (χ0) is 0. The third-order valence-electron chi connectivity index (χ3n) is 0. The fourth-order valence-electron chi connectivity index (χ4n) is 0. The molecular weight excluding hydrogens is 288 g/mol. The summed E-state index contributed by atoms with van der Waals surface area (Å²) in [5, 5.41) is 0. The van der Waals surface area contributed by atoms with Crippen molar-refractivity contribution in [3.8, 4) is 0 Å². The summed E-state index contributed by atoms with van der Waals surface area (Å²) in [6.07, 6.45) is 0. The minimum atomic E-state index is 0. The molecule has 16 valence electrons. The minimum Gasteiger partial charge on any atom is 0 e. The van der Waals surface area contributed by atoms with E-state index < -0.39 is 0 Å². The van der Waals surface area contributed by atoms with Crippen molar-refractivity contribution in [3.05, 3.63) is 0 Å². The minimum absolute atomic E-state index is 0. The first-order valence-electron chi connectivity index (χ1n) is 0. The molecule has 0 bridgehead atoms. The van der Waals surface area contributed by atoms with E-state index in [1.54, 1.807) is 0 Å².